The van der Waals surface area contributed by atoms with E-state index in [0.717, 1.165) is 25.9 Å². The number of carbonyl (C=O) groups excluding carboxylic acids is 2. The molecule has 0 unspecified atom stereocenters. The van der Waals surface area contributed by atoms with Gasteiger partial charge in [-0.05, 0) is 62.3 Å². The number of sulfonamides is 1. The number of hydrogen-bond acceptors (Lipinski definition) is 7. The summed E-state index contributed by atoms with van der Waals surface area (Å²) in [4.78, 5) is 27.8. The van der Waals surface area contributed by atoms with E-state index in [1.165, 1.54) is 34.6 Å². The maximum Gasteiger partial charge on any atom is 0.317 e. The Morgan fingerprint density at radius 2 is 1.69 bits per heavy atom. The van der Waals surface area contributed by atoms with Gasteiger partial charge in [-0.25, -0.2) is 27.5 Å². The number of likely N-dealkylation sites (tertiary alicyclic amines) is 1. The van der Waals surface area contributed by atoms with Gasteiger partial charge in [0.25, 0.3) is 5.91 Å². The normalized spacial score (nSPS) is 18.7. The van der Waals surface area contributed by atoms with Crippen molar-refractivity contribution in [3.8, 4) is 11.5 Å². The van der Waals surface area contributed by atoms with Crippen LogP contribution in [-0.4, -0.2) is 91.5 Å². The summed E-state index contributed by atoms with van der Waals surface area (Å²) in [6.45, 7) is 2.12. The van der Waals surface area contributed by atoms with Crippen LogP contribution in [0.5, 0.6) is 11.5 Å². The maximum absolute atomic E-state index is 14.8. The number of hydroxylamine groups is 1. The van der Waals surface area contributed by atoms with Crippen molar-refractivity contribution in [3.63, 3.8) is 0 Å². The van der Waals surface area contributed by atoms with Gasteiger partial charge < -0.3 is 19.9 Å². The Labute approximate surface area is 229 Å². The molecule has 0 aromatic heterocycles. The molecule has 2 saturated heterocycles. The van der Waals surface area contributed by atoms with E-state index in [1.807, 2.05) is 0 Å². The lowest BCUT2D eigenvalue weighted by atomic mass is 10.2. The van der Waals surface area contributed by atoms with Crippen molar-refractivity contribution in [1.82, 2.24) is 24.9 Å². The molecule has 2 aliphatic heterocycles. The van der Waals surface area contributed by atoms with Crippen molar-refractivity contribution >= 4 is 33.6 Å². The molecule has 2 aromatic rings. The molecule has 2 fully saturated rings. The molecule has 4 rings (SSSR count). The van der Waals surface area contributed by atoms with Gasteiger partial charge in [0.15, 0.2) is 17.4 Å². The zero-order chi connectivity index (χ0) is 28.2. The van der Waals surface area contributed by atoms with E-state index in [4.69, 9.17) is 16.3 Å². The predicted molar refractivity (Wildman–Crippen MR) is 136 cm³/mol. The summed E-state index contributed by atoms with van der Waals surface area (Å²) >= 11 is 5.79. The summed E-state index contributed by atoms with van der Waals surface area (Å²) in [6, 6.07) is 4.77. The van der Waals surface area contributed by atoms with Crippen LogP contribution in [0, 0.1) is 11.6 Å². The van der Waals surface area contributed by atoms with E-state index >= 15 is 0 Å². The third-order valence-corrected chi connectivity index (χ3v) is 8.68. The van der Waals surface area contributed by atoms with Crippen LogP contribution in [0.2, 0.25) is 5.02 Å². The monoisotopic (exact) mass is 587 g/mol. The first-order valence-corrected chi connectivity index (χ1v) is 14.1. The molecule has 2 aromatic carbocycles. The molecule has 0 aliphatic carbocycles. The van der Waals surface area contributed by atoms with Gasteiger partial charge in [0.1, 0.15) is 11.8 Å². The van der Waals surface area contributed by atoms with Crippen LogP contribution in [0.1, 0.15) is 12.8 Å². The van der Waals surface area contributed by atoms with Crippen molar-refractivity contribution < 1.29 is 36.7 Å². The van der Waals surface area contributed by atoms with E-state index in [2.05, 4.69) is 10.2 Å². The fraction of sp³-hybridized carbons (Fsp3) is 0.417. The number of hydrogen-bond donors (Lipinski definition) is 3. The van der Waals surface area contributed by atoms with Crippen LogP contribution in [0.25, 0.3) is 0 Å². The average molecular weight is 588 g/mol. The molecule has 0 spiro atoms. The highest BCUT2D eigenvalue weighted by Gasteiger charge is 2.42. The fourth-order valence-corrected chi connectivity index (χ4v) is 6.23. The van der Waals surface area contributed by atoms with Crippen LogP contribution >= 0.6 is 11.6 Å². The molecule has 2 heterocycles. The van der Waals surface area contributed by atoms with Crippen LogP contribution < -0.4 is 15.5 Å². The molecule has 15 heteroatoms. The standard InChI is InChI=1S/C24H28ClF2N5O6S/c25-16-3-5-17(6-4-16)38-22-19(26)13-18(14-20(22)27)39(36,37)32-12-11-31(15-21(32)23(33)29-35)24(34)28-7-10-30-8-1-2-9-30/h3-6,13-14,21,35H,1-2,7-12,15H2,(H,28,34)(H,29,33)/t21-/m0/s1. The van der Waals surface area contributed by atoms with Gasteiger partial charge in [-0.1, -0.05) is 11.6 Å². The third-order valence-electron chi connectivity index (χ3n) is 6.55. The number of amides is 3. The number of nitrogens with zero attached hydrogens (tertiary/aromatic N) is 3. The summed E-state index contributed by atoms with van der Waals surface area (Å²) in [5.41, 5.74) is 1.40. The van der Waals surface area contributed by atoms with Gasteiger partial charge in [-0.15, -0.1) is 0 Å². The Balaban J connectivity index is 1.49. The second kappa shape index (κ2) is 12.4. The lowest BCUT2D eigenvalue weighted by Crippen LogP contribution is -2.62. The lowest BCUT2D eigenvalue weighted by molar-refractivity contribution is -0.134. The molecule has 39 heavy (non-hydrogen) atoms. The molecule has 0 saturated carbocycles. The number of carbonyl (C=O) groups is 2. The van der Waals surface area contributed by atoms with Gasteiger partial charge >= 0.3 is 6.03 Å². The largest absolute Gasteiger partial charge is 0.451 e. The first kappa shape index (κ1) is 29.0. The van der Waals surface area contributed by atoms with E-state index in [-0.39, 0.29) is 25.4 Å². The molecule has 2 aliphatic rings. The van der Waals surface area contributed by atoms with Gasteiger partial charge in [0.2, 0.25) is 10.0 Å². The van der Waals surface area contributed by atoms with E-state index in [0.29, 0.717) is 34.6 Å². The predicted octanol–water partition coefficient (Wildman–Crippen LogP) is 2.40. The van der Waals surface area contributed by atoms with Crippen molar-refractivity contribution in [2.24, 2.45) is 0 Å². The highest BCUT2D eigenvalue weighted by molar-refractivity contribution is 7.89. The molecule has 0 bridgehead atoms. The molecule has 3 amide bonds. The van der Waals surface area contributed by atoms with Crippen LogP contribution in [0.3, 0.4) is 0 Å². The maximum atomic E-state index is 14.8. The number of rotatable bonds is 8. The van der Waals surface area contributed by atoms with Crippen LogP contribution in [0.15, 0.2) is 41.3 Å². The first-order chi connectivity index (χ1) is 18.6. The minimum absolute atomic E-state index is 0.0716. The van der Waals surface area contributed by atoms with Crippen molar-refractivity contribution in [3.05, 3.63) is 53.1 Å². The molecule has 3 N–H and O–H groups in total. The smallest absolute Gasteiger partial charge is 0.317 e. The minimum atomic E-state index is -4.64. The molecule has 212 valence electrons. The Bertz CT molecular complexity index is 1290. The zero-order valence-electron chi connectivity index (χ0n) is 20.8. The number of urea groups is 1. The Kier molecular flexibility index (Phi) is 9.23. The second-order valence-corrected chi connectivity index (χ2v) is 11.4. The zero-order valence-corrected chi connectivity index (χ0v) is 22.4. The van der Waals surface area contributed by atoms with Gasteiger partial charge in [0.05, 0.1) is 4.90 Å². The molecular formula is C24H28ClF2N5O6S. The molecular weight excluding hydrogens is 560 g/mol. The van der Waals surface area contributed by atoms with Gasteiger partial charge in [0, 0.05) is 37.7 Å². The van der Waals surface area contributed by atoms with Crippen LogP contribution in [0.4, 0.5) is 13.6 Å². The quantitative estimate of drug-likeness (QED) is 0.319. The Morgan fingerprint density at radius 3 is 2.31 bits per heavy atom. The van der Waals surface area contributed by atoms with E-state index in [9.17, 15) is 32.0 Å². The van der Waals surface area contributed by atoms with E-state index in [1.54, 1.807) is 0 Å². The highest BCUT2D eigenvalue weighted by atomic mass is 35.5. The van der Waals surface area contributed by atoms with Crippen molar-refractivity contribution in [1.29, 1.82) is 0 Å². The number of halogens is 3. The SMILES string of the molecule is O=C(NO)[C@@H]1CN(C(=O)NCCN2CCCC2)CCN1S(=O)(=O)c1cc(F)c(Oc2ccc(Cl)cc2)c(F)c1. The summed E-state index contributed by atoms with van der Waals surface area (Å²) < 4.78 is 62.3. The summed E-state index contributed by atoms with van der Waals surface area (Å²) in [6.07, 6.45) is 2.21. The van der Waals surface area contributed by atoms with Crippen molar-refractivity contribution in [2.75, 3.05) is 45.8 Å². The number of nitrogens with one attached hydrogen (secondary N) is 2. The molecule has 11 nitrogen and oxygen atoms in total. The molecule has 1 atom stereocenters. The summed E-state index contributed by atoms with van der Waals surface area (Å²) in [5.74, 6) is -4.43. The highest BCUT2D eigenvalue weighted by Crippen LogP contribution is 2.32. The number of benzene rings is 2. The van der Waals surface area contributed by atoms with Gasteiger partial charge in [-0.2, -0.15) is 4.31 Å². The fourth-order valence-electron chi connectivity index (χ4n) is 4.50. The van der Waals surface area contributed by atoms with Crippen molar-refractivity contribution in [2.45, 2.75) is 23.8 Å². The number of ether oxygens (including phenoxy) is 1. The summed E-state index contributed by atoms with van der Waals surface area (Å²) in [5, 5.41) is 12.3. The third kappa shape index (κ3) is 6.76. The lowest BCUT2D eigenvalue weighted by Gasteiger charge is -2.39. The summed E-state index contributed by atoms with van der Waals surface area (Å²) in [7, 11) is -4.64. The Morgan fingerprint density at radius 1 is 1.05 bits per heavy atom. The Hall–Kier alpha value is -3.04. The second-order valence-electron chi connectivity index (χ2n) is 9.11. The minimum Gasteiger partial charge on any atom is -0.451 e. The molecule has 0 radical (unpaired) electrons. The van der Waals surface area contributed by atoms with Gasteiger partial charge in [-0.3, -0.25) is 10.0 Å². The number of piperazine rings is 1. The first-order valence-electron chi connectivity index (χ1n) is 12.2. The van der Waals surface area contributed by atoms with Crippen LogP contribution in [-0.2, 0) is 14.8 Å². The van der Waals surface area contributed by atoms with E-state index < -0.39 is 50.3 Å². The topological polar surface area (TPSA) is 132 Å². The average Bonchev–Trinajstić information content (AvgIpc) is 3.44.